The molecule has 7 heteroatoms. The second kappa shape index (κ2) is 6.81. The first-order valence-corrected chi connectivity index (χ1v) is 9.40. The van der Waals surface area contributed by atoms with Gasteiger partial charge in [0.15, 0.2) is 0 Å². The highest BCUT2D eigenvalue weighted by Crippen LogP contribution is 2.30. The Bertz CT molecular complexity index is 750. The van der Waals surface area contributed by atoms with E-state index in [9.17, 15) is 12.8 Å². The molecule has 112 valence electrons. The molecule has 0 heterocycles. The van der Waals surface area contributed by atoms with Gasteiger partial charge in [-0.1, -0.05) is 19.1 Å². The van der Waals surface area contributed by atoms with Crippen LogP contribution in [-0.4, -0.2) is 14.2 Å². The van der Waals surface area contributed by atoms with E-state index in [1.165, 1.54) is 6.07 Å². The molecule has 0 aliphatic rings. The van der Waals surface area contributed by atoms with Crippen LogP contribution in [-0.2, 0) is 10.0 Å². The number of para-hydroxylation sites is 1. The number of anilines is 1. The molecule has 0 fully saturated rings. The standard InChI is InChI=1S/C14H13BrFNO2S2/c1-2-20-13-6-4-3-5-12(13)17-21(18,19)14-8-7-10(16)9-11(14)15/h3-9,17H,2H2,1H3. The van der Waals surface area contributed by atoms with Crippen molar-refractivity contribution in [2.45, 2.75) is 16.7 Å². The van der Waals surface area contributed by atoms with E-state index in [2.05, 4.69) is 20.7 Å². The van der Waals surface area contributed by atoms with Crippen molar-refractivity contribution < 1.29 is 12.8 Å². The monoisotopic (exact) mass is 389 g/mol. The van der Waals surface area contributed by atoms with Crippen molar-refractivity contribution in [2.75, 3.05) is 10.5 Å². The van der Waals surface area contributed by atoms with Gasteiger partial charge in [-0.05, 0) is 52.0 Å². The molecule has 2 aromatic rings. The van der Waals surface area contributed by atoms with Gasteiger partial charge in [-0.15, -0.1) is 11.8 Å². The van der Waals surface area contributed by atoms with Crippen LogP contribution in [0.1, 0.15) is 6.92 Å². The summed E-state index contributed by atoms with van der Waals surface area (Å²) in [6.07, 6.45) is 0. The number of halogens is 2. The van der Waals surface area contributed by atoms with Crippen LogP contribution in [0.5, 0.6) is 0 Å². The molecule has 0 atom stereocenters. The molecular weight excluding hydrogens is 377 g/mol. The third-order valence-corrected chi connectivity index (χ3v) is 5.91. The number of benzene rings is 2. The van der Waals surface area contributed by atoms with Gasteiger partial charge in [0.2, 0.25) is 0 Å². The van der Waals surface area contributed by atoms with Crippen molar-refractivity contribution in [3.63, 3.8) is 0 Å². The summed E-state index contributed by atoms with van der Waals surface area (Å²) < 4.78 is 40.7. The summed E-state index contributed by atoms with van der Waals surface area (Å²) in [6.45, 7) is 1.99. The maximum Gasteiger partial charge on any atom is 0.263 e. The summed E-state index contributed by atoms with van der Waals surface area (Å²) in [5, 5.41) is 0. The Balaban J connectivity index is 2.38. The quantitative estimate of drug-likeness (QED) is 0.765. The van der Waals surface area contributed by atoms with E-state index in [0.717, 1.165) is 22.8 Å². The maximum absolute atomic E-state index is 13.1. The minimum absolute atomic E-state index is 0.000187. The third-order valence-electron chi connectivity index (χ3n) is 2.61. The van der Waals surface area contributed by atoms with Gasteiger partial charge in [0.25, 0.3) is 10.0 Å². The Kier molecular flexibility index (Phi) is 5.29. The van der Waals surface area contributed by atoms with Crippen LogP contribution in [0.3, 0.4) is 0 Å². The average Bonchev–Trinajstić information content (AvgIpc) is 2.40. The van der Waals surface area contributed by atoms with Crippen molar-refractivity contribution >= 4 is 43.4 Å². The third kappa shape index (κ3) is 3.99. The van der Waals surface area contributed by atoms with Crippen LogP contribution in [0.2, 0.25) is 0 Å². The second-order valence-electron chi connectivity index (χ2n) is 4.11. The van der Waals surface area contributed by atoms with Gasteiger partial charge in [0.05, 0.1) is 5.69 Å². The highest BCUT2D eigenvalue weighted by Gasteiger charge is 2.19. The largest absolute Gasteiger partial charge is 0.278 e. The first-order chi connectivity index (χ1) is 9.94. The zero-order valence-corrected chi connectivity index (χ0v) is 14.4. The van der Waals surface area contributed by atoms with Gasteiger partial charge in [-0.3, -0.25) is 4.72 Å². The van der Waals surface area contributed by atoms with E-state index in [1.54, 1.807) is 23.9 Å². The highest BCUT2D eigenvalue weighted by molar-refractivity contribution is 9.10. The Labute approximate surface area is 136 Å². The zero-order chi connectivity index (χ0) is 15.5. The summed E-state index contributed by atoms with van der Waals surface area (Å²) >= 11 is 4.63. The maximum atomic E-state index is 13.1. The molecule has 0 spiro atoms. The summed E-state index contributed by atoms with van der Waals surface area (Å²) in [4.78, 5) is 0.849. The van der Waals surface area contributed by atoms with Gasteiger partial charge in [-0.25, -0.2) is 12.8 Å². The molecule has 0 bridgehead atoms. The number of hydrogen-bond donors (Lipinski definition) is 1. The Hall–Kier alpha value is -1.05. The molecular formula is C14H13BrFNO2S2. The minimum atomic E-state index is -3.78. The van der Waals surface area contributed by atoms with E-state index < -0.39 is 15.8 Å². The van der Waals surface area contributed by atoms with Crippen LogP contribution in [0.4, 0.5) is 10.1 Å². The van der Waals surface area contributed by atoms with Gasteiger partial charge in [0, 0.05) is 9.37 Å². The molecule has 0 amide bonds. The summed E-state index contributed by atoms with van der Waals surface area (Å²) in [6, 6.07) is 10.6. The lowest BCUT2D eigenvalue weighted by atomic mass is 10.3. The summed E-state index contributed by atoms with van der Waals surface area (Å²) in [7, 11) is -3.78. The van der Waals surface area contributed by atoms with E-state index in [4.69, 9.17) is 0 Å². The zero-order valence-electron chi connectivity index (χ0n) is 11.1. The van der Waals surface area contributed by atoms with Crippen LogP contribution in [0, 0.1) is 5.82 Å². The summed E-state index contributed by atoms with van der Waals surface area (Å²) in [5.74, 6) is 0.335. The molecule has 2 rings (SSSR count). The molecule has 1 N–H and O–H groups in total. The molecule has 0 unspecified atom stereocenters. The number of nitrogens with one attached hydrogen (secondary N) is 1. The van der Waals surface area contributed by atoms with Crippen LogP contribution >= 0.6 is 27.7 Å². The van der Waals surface area contributed by atoms with E-state index in [-0.39, 0.29) is 9.37 Å². The second-order valence-corrected chi connectivity index (χ2v) is 7.92. The van der Waals surface area contributed by atoms with Crippen molar-refractivity contribution in [3.8, 4) is 0 Å². The van der Waals surface area contributed by atoms with Gasteiger partial charge in [-0.2, -0.15) is 0 Å². The van der Waals surface area contributed by atoms with Crippen molar-refractivity contribution in [2.24, 2.45) is 0 Å². The summed E-state index contributed by atoms with van der Waals surface area (Å²) in [5.41, 5.74) is 0.514. The number of sulfonamides is 1. The predicted octanol–water partition coefficient (Wildman–Crippen LogP) is 4.50. The molecule has 0 saturated heterocycles. The van der Waals surface area contributed by atoms with Gasteiger partial charge in [0.1, 0.15) is 10.7 Å². The Morgan fingerprint density at radius 1 is 1.24 bits per heavy atom. The molecule has 0 aliphatic carbocycles. The predicted molar refractivity (Wildman–Crippen MR) is 87.7 cm³/mol. The molecule has 0 aromatic heterocycles. The fourth-order valence-electron chi connectivity index (χ4n) is 1.73. The molecule has 0 aliphatic heterocycles. The fourth-order valence-corrected chi connectivity index (χ4v) is 4.68. The Morgan fingerprint density at radius 3 is 2.62 bits per heavy atom. The Morgan fingerprint density at radius 2 is 1.95 bits per heavy atom. The topological polar surface area (TPSA) is 46.2 Å². The minimum Gasteiger partial charge on any atom is -0.278 e. The van der Waals surface area contributed by atoms with Crippen molar-refractivity contribution in [1.29, 1.82) is 0 Å². The number of thioether (sulfide) groups is 1. The molecule has 2 aromatic carbocycles. The number of hydrogen-bond acceptors (Lipinski definition) is 3. The fraction of sp³-hybridized carbons (Fsp3) is 0.143. The lowest BCUT2D eigenvalue weighted by molar-refractivity contribution is 0.599. The van der Waals surface area contributed by atoms with Gasteiger partial charge >= 0.3 is 0 Å². The first kappa shape index (κ1) is 16.3. The van der Waals surface area contributed by atoms with Crippen molar-refractivity contribution in [3.05, 3.63) is 52.8 Å². The smallest absolute Gasteiger partial charge is 0.263 e. The van der Waals surface area contributed by atoms with E-state index in [0.29, 0.717) is 5.69 Å². The molecule has 0 saturated carbocycles. The van der Waals surface area contributed by atoms with E-state index >= 15 is 0 Å². The average molecular weight is 390 g/mol. The van der Waals surface area contributed by atoms with Crippen LogP contribution in [0.25, 0.3) is 0 Å². The molecule has 0 radical (unpaired) electrons. The lowest BCUT2D eigenvalue weighted by Gasteiger charge is -2.12. The van der Waals surface area contributed by atoms with E-state index in [1.807, 2.05) is 19.1 Å². The van der Waals surface area contributed by atoms with Crippen LogP contribution in [0.15, 0.2) is 56.7 Å². The van der Waals surface area contributed by atoms with Crippen molar-refractivity contribution in [1.82, 2.24) is 0 Å². The van der Waals surface area contributed by atoms with Gasteiger partial charge < -0.3 is 0 Å². The lowest BCUT2D eigenvalue weighted by Crippen LogP contribution is -2.14. The molecule has 21 heavy (non-hydrogen) atoms. The number of rotatable bonds is 5. The SMILES string of the molecule is CCSc1ccccc1NS(=O)(=O)c1ccc(F)cc1Br. The first-order valence-electron chi connectivity index (χ1n) is 6.13. The molecule has 3 nitrogen and oxygen atoms in total. The van der Waals surface area contributed by atoms with Crippen LogP contribution < -0.4 is 4.72 Å². The normalized spacial score (nSPS) is 11.4. The highest BCUT2D eigenvalue weighted by atomic mass is 79.9.